The van der Waals surface area contributed by atoms with Crippen LogP contribution in [0.25, 0.3) is 11.4 Å². The van der Waals surface area contributed by atoms with Gasteiger partial charge in [0.1, 0.15) is 6.04 Å². The summed E-state index contributed by atoms with van der Waals surface area (Å²) < 4.78 is 1.66. The van der Waals surface area contributed by atoms with Crippen LogP contribution in [0.1, 0.15) is 18.5 Å². The molecular weight excluding hydrogens is 461 g/mol. The normalized spacial score (nSPS) is 15.1. The summed E-state index contributed by atoms with van der Waals surface area (Å²) in [7, 11) is 0. The number of carbonyl (C=O) groups is 1. The summed E-state index contributed by atoms with van der Waals surface area (Å²) in [5.74, 6) is 0.681. The Labute approximate surface area is 199 Å². The van der Waals surface area contributed by atoms with Gasteiger partial charge >= 0.3 is 0 Å². The molecular formula is C23H17Cl2N7O. The fraction of sp³-hybridized carbons (Fsp3) is 0.0870. The zero-order valence-corrected chi connectivity index (χ0v) is 18.8. The second kappa shape index (κ2) is 8.65. The summed E-state index contributed by atoms with van der Waals surface area (Å²) in [5, 5.41) is 11.7. The SMILES string of the molecule is CC1=C(C(=O)Nc2cccnc2)C(c2ccc(Cl)cc2Cl)n2nc(-c3ccncc3)nc2N1. The van der Waals surface area contributed by atoms with Crippen LogP contribution in [0.4, 0.5) is 11.6 Å². The lowest BCUT2D eigenvalue weighted by Crippen LogP contribution is -2.31. The largest absolute Gasteiger partial charge is 0.328 e. The molecule has 0 aliphatic carbocycles. The number of rotatable bonds is 4. The number of hydrogen-bond donors (Lipinski definition) is 2. The Bertz CT molecular complexity index is 1370. The maximum atomic E-state index is 13.5. The van der Waals surface area contributed by atoms with Gasteiger partial charge in [0.15, 0.2) is 5.82 Å². The van der Waals surface area contributed by atoms with Crippen LogP contribution in [0.15, 0.2) is 78.5 Å². The topological polar surface area (TPSA) is 97.6 Å². The number of nitrogens with zero attached hydrogens (tertiary/aromatic N) is 5. The fourth-order valence-corrected chi connectivity index (χ4v) is 4.23. The molecule has 1 amide bonds. The van der Waals surface area contributed by atoms with Gasteiger partial charge in [0.25, 0.3) is 5.91 Å². The van der Waals surface area contributed by atoms with Gasteiger partial charge in [-0.05, 0) is 43.3 Å². The molecule has 2 N–H and O–H groups in total. The summed E-state index contributed by atoms with van der Waals surface area (Å²) in [5.41, 5.74) is 3.13. The summed E-state index contributed by atoms with van der Waals surface area (Å²) in [6.07, 6.45) is 6.57. The summed E-state index contributed by atoms with van der Waals surface area (Å²) in [6, 6.07) is 11.7. The van der Waals surface area contributed by atoms with Crippen molar-refractivity contribution in [3.8, 4) is 11.4 Å². The minimum absolute atomic E-state index is 0.310. The molecule has 3 aromatic heterocycles. The van der Waals surface area contributed by atoms with Crippen molar-refractivity contribution in [1.82, 2.24) is 24.7 Å². The number of amides is 1. The summed E-state index contributed by atoms with van der Waals surface area (Å²) >= 11 is 12.7. The molecule has 4 aromatic rings. The molecule has 10 heteroatoms. The number of halogens is 2. The van der Waals surface area contributed by atoms with E-state index in [2.05, 4.69) is 25.6 Å². The standard InChI is InChI=1S/C23H17Cl2N7O/c1-13-19(22(33)29-16-3-2-8-27-12-16)20(17-5-4-15(24)11-18(17)25)32-23(28-13)30-21(31-32)14-6-9-26-10-7-14/h2-12,20H,1H3,(H,29,33)(H,28,30,31). The minimum atomic E-state index is -0.634. The predicted octanol–water partition coefficient (Wildman–Crippen LogP) is 4.97. The maximum absolute atomic E-state index is 13.5. The highest BCUT2D eigenvalue weighted by Crippen LogP contribution is 2.40. The van der Waals surface area contributed by atoms with E-state index < -0.39 is 6.04 Å². The molecule has 0 saturated carbocycles. The first-order valence-corrected chi connectivity index (χ1v) is 10.8. The number of pyridine rings is 2. The Morgan fingerprint density at radius 3 is 2.64 bits per heavy atom. The molecule has 4 heterocycles. The van der Waals surface area contributed by atoms with Gasteiger partial charge in [-0.3, -0.25) is 14.8 Å². The molecule has 164 valence electrons. The Balaban J connectivity index is 1.64. The fourth-order valence-electron chi connectivity index (χ4n) is 3.71. The van der Waals surface area contributed by atoms with Crippen LogP contribution in [0.2, 0.25) is 10.0 Å². The molecule has 0 fully saturated rings. The molecule has 0 spiro atoms. The van der Waals surface area contributed by atoms with E-state index in [4.69, 9.17) is 28.3 Å². The van der Waals surface area contributed by atoms with Gasteiger partial charge < -0.3 is 10.6 Å². The summed E-state index contributed by atoms with van der Waals surface area (Å²) in [4.78, 5) is 26.2. The van der Waals surface area contributed by atoms with E-state index >= 15 is 0 Å². The lowest BCUT2D eigenvalue weighted by Gasteiger charge is -2.29. The first-order valence-electron chi connectivity index (χ1n) is 10.0. The van der Waals surface area contributed by atoms with Crippen LogP contribution in [-0.2, 0) is 4.79 Å². The number of nitrogens with one attached hydrogen (secondary N) is 2. The average Bonchev–Trinajstić information content (AvgIpc) is 3.23. The van der Waals surface area contributed by atoms with E-state index in [-0.39, 0.29) is 5.91 Å². The Kier molecular flexibility index (Phi) is 5.53. The molecule has 0 saturated heterocycles. The second-order valence-corrected chi connectivity index (χ2v) is 8.21. The van der Waals surface area contributed by atoms with Gasteiger partial charge in [-0.2, -0.15) is 4.98 Å². The van der Waals surface area contributed by atoms with Gasteiger partial charge in [0.2, 0.25) is 5.95 Å². The number of anilines is 2. The van der Waals surface area contributed by atoms with Gasteiger partial charge in [-0.1, -0.05) is 29.3 Å². The van der Waals surface area contributed by atoms with E-state index in [1.165, 1.54) is 0 Å². The Hall–Kier alpha value is -3.75. The van der Waals surface area contributed by atoms with E-state index in [0.29, 0.717) is 44.3 Å². The van der Waals surface area contributed by atoms with Gasteiger partial charge in [0, 0.05) is 45.5 Å². The molecule has 8 nitrogen and oxygen atoms in total. The van der Waals surface area contributed by atoms with Crippen LogP contribution in [-0.4, -0.2) is 30.6 Å². The first kappa shape index (κ1) is 21.1. The highest BCUT2D eigenvalue weighted by atomic mass is 35.5. The van der Waals surface area contributed by atoms with Crippen molar-refractivity contribution >= 4 is 40.7 Å². The third-order valence-corrected chi connectivity index (χ3v) is 5.77. The zero-order chi connectivity index (χ0) is 22.9. The Morgan fingerprint density at radius 1 is 1.09 bits per heavy atom. The molecule has 33 heavy (non-hydrogen) atoms. The van der Waals surface area contributed by atoms with Crippen LogP contribution in [0.3, 0.4) is 0 Å². The third kappa shape index (κ3) is 4.06. The minimum Gasteiger partial charge on any atom is -0.328 e. The van der Waals surface area contributed by atoms with E-state index in [0.717, 1.165) is 5.56 Å². The van der Waals surface area contributed by atoms with Gasteiger partial charge in [-0.25, -0.2) is 4.68 Å². The molecule has 1 unspecified atom stereocenters. The number of benzene rings is 1. The number of carbonyl (C=O) groups excluding carboxylic acids is 1. The molecule has 0 bridgehead atoms. The van der Waals surface area contributed by atoms with Crippen molar-refractivity contribution in [2.24, 2.45) is 0 Å². The first-order chi connectivity index (χ1) is 16.0. The number of fused-ring (bicyclic) bond motifs is 1. The van der Waals surface area contributed by atoms with Crippen molar-refractivity contribution < 1.29 is 4.79 Å². The molecule has 1 aliphatic rings. The van der Waals surface area contributed by atoms with Crippen LogP contribution in [0.5, 0.6) is 0 Å². The van der Waals surface area contributed by atoms with Crippen LogP contribution in [0, 0.1) is 0 Å². The number of allylic oxidation sites excluding steroid dienone is 1. The van der Waals surface area contributed by atoms with Gasteiger partial charge in [0.05, 0.1) is 17.5 Å². The monoisotopic (exact) mass is 477 g/mol. The molecule has 0 radical (unpaired) electrons. The predicted molar refractivity (Wildman–Crippen MR) is 127 cm³/mol. The maximum Gasteiger partial charge on any atom is 0.255 e. The van der Waals surface area contributed by atoms with Crippen molar-refractivity contribution in [2.75, 3.05) is 10.6 Å². The van der Waals surface area contributed by atoms with Crippen molar-refractivity contribution in [3.63, 3.8) is 0 Å². The Morgan fingerprint density at radius 2 is 1.91 bits per heavy atom. The van der Waals surface area contributed by atoms with E-state index in [1.807, 2.05) is 19.1 Å². The van der Waals surface area contributed by atoms with Crippen molar-refractivity contribution in [1.29, 1.82) is 0 Å². The quantitative estimate of drug-likeness (QED) is 0.430. The number of hydrogen-bond acceptors (Lipinski definition) is 6. The molecule has 1 atom stereocenters. The third-order valence-electron chi connectivity index (χ3n) is 5.21. The highest BCUT2D eigenvalue weighted by Gasteiger charge is 2.35. The molecule has 1 aromatic carbocycles. The second-order valence-electron chi connectivity index (χ2n) is 7.37. The lowest BCUT2D eigenvalue weighted by molar-refractivity contribution is -0.113. The molecule has 1 aliphatic heterocycles. The van der Waals surface area contributed by atoms with E-state index in [1.54, 1.807) is 59.8 Å². The van der Waals surface area contributed by atoms with E-state index in [9.17, 15) is 4.79 Å². The smallest absolute Gasteiger partial charge is 0.255 e. The summed E-state index contributed by atoms with van der Waals surface area (Å²) in [6.45, 7) is 1.82. The van der Waals surface area contributed by atoms with Crippen LogP contribution < -0.4 is 10.6 Å². The lowest BCUT2D eigenvalue weighted by atomic mass is 9.95. The molecule has 5 rings (SSSR count). The van der Waals surface area contributed by atoms with Crippen molar-refractivity contribution in [3.05, 3.63) is 94.1 Å². The van der Waals surface area contributed by atoms with Crippen LogP contribution >= 0.6 is 23.2 Å². The van der Waals surface area contributed by atoms with Gasteiger partial charge in [-0.15, -0.1) is 5.10 Å². The number of aromatic nitrogens is 5. The highest BCUT2D eigenvalue weighted by molar-refractivity contribution is 6.35. The average molecular weight is 478 g/mol. The van der Waals surface area contributed by atoms with Crippen molar-refractivity contribution in [2.45, 2.75) is 13.0 Å². The zero-order valence-electron chi connectivity index (χ0n) is 17.3.